The highest BCUT2D eigenvalue weighted by molar-refractivity contribution is 7.88. The molecule has 0 saturated heterocycles. The maximum absolute atomic E-state index is 12.3. The number of nitrogens with zero attached hydrogens (tertiary/aromatic N) is 2. The van der Waals surface area contributed by atoms with Gasteiger partial charge in [0.15, 0.2) is 0 Å². The van der Waals surface area contributed by atoms with Crippen LogP contribution in [-0.4, -0.2) is 88.2 Å². The summed E-state index contributed by atoms with van der Waals surface area (Å²) in [6, 6.07) is 0. The Bertz CT molecular complexity index is 580. The Morgan fingerprint density at radius 1 is 1.11 bits per heavy atom. The molecule has 0 bridgehead atoms. The Morgan fingerprint density at radius 2 is 1.64 bits per heavy atom. The molecule has 28 heavy (non-hydrogen) atoms. The molecule has 0 aromatic carbocycles. The summed E-state index contributed by atoms with van der Waals surface area (Å²) in [5, 5.41) is 0. The number of hydrogen-bond donors (Lipinski definition) is 0. The normalized spacial score (nSPS) is 15.4. The van der Waals surface area contributed by atoms with E-state index >= 15 is 0 Å². The van der Waals surface area contributed by atoms with Crippen molar-refractivity contribution in [2.75, 3.05) is 46.7 Å². The lowest BCUT2D eigenvalue weighted by molar-refractivity contribution is -0.0864. The largest absolute Gasteiger partial charge is 0.447 e. The van der Waals surface area contributed by atoms with Crippen LogP contribution in [0.4, 0.5) is 4.79 Å². The van der Waals surface area contributed by atoms with Crippen LogP contribution in [0.25, 0.3) is 0 Å². The number of carbonyl (C=O) groups excluding carboxylic acids is 1. The number of amides is 1. The summed E-state index contributed by atoms with van der Waals surface area (Å²) in [6.45, 7) is 14.4. The Morgan fingerprint density at radius 3 is 2.04 bits per heavy atom. The molecule has 9 heteroatoms. The summed E-state index contributed by atoms with van der Waals surface area (Å²) < 4.78 is 42.4. The number of hydrogen-bond acceptors (Lipinski definition) is 6. The van der Waals surface area contributed by atoms with Crippen LogP contribution < -0.4 is 0 Å². The van der Waals surface area contributed by atoms with E-state index in [1.807, 2.05) is 48.5 Å². The second-order valence-corrected chi connectivity index (χ2v) is 11.1. The summed E-state index contributed by atoms with van der Waals surface area (Å²) >= 11 is 0. The van der Waals surface area contributed by atoms with Crippen molar-refractivity contribution in [2.45, 2.75) is 66.2 Å². The lowest BCUT2D eigenvalue weighted by Gasteiger charge is -2.38. The van der Waals surface area contributed by atoms with Crippen LogP contribution in [0.2, 0.25) is 0 Å². The number of carbonyl (C=O) groups is 1. The fraction of sp³-hybridized carbons (Fsp3) is 0.947. The van der Waals surface area contributed by atoms with Gasteiger partial charge < -0.3 is 19.1 Å². The van der Waals surface area contributed by atoms with E-state index in [-0.39, 0.29) is 24.7 Å². The number of ether oxygens (including phenoxy) is 3. The molecule has 8 nitrogen and oxygen atoms in total. The lowest BCUT2D eigenvalue weighted by atomic mass is 9.90. The quantitative estimate of drug-likeness (QED) is 0.536. The average Bonchev–Trinajstić information content (AvgIpc) is 2.51. The summed E-state index contributed by atoms with van der Waals surface area (Å²) in [7, 11) is -0.293. The van der Waals surface area contributed by atoms with Gasteiger partial charge in [-0.2, -0.15) is 4.31 Å². The van der Waals surface area contributed by atoms with Crippen LogP contribution in [-0.2, 0) is 24.2 Å². The van der Waals surface area contributed by atoms with E-state index in [1.165, 1.54) is 15.5 Å². The highest BCUT2D eigenvalue weighted by atomic mass is 32.2. The van der Waals surface area contributed by atoms with Crippen LogP contribution in [0.5, 0.6) is 0 Å². The van der Waals surface area contributed by atoms with Crippen molar-refractivity contribution in [1.29, 1.82) is 0 Å². The summed E-state index contributed by atoms with van der Waals surface area (Å²) in [6.07, 6.45) is -0.0880. The van der Waals surface area contributed by atoms with Crippen molar-refractivity contribution in [3.8, 4) is 0 Å². The van der Waals surface area contributed by atoms with Crippen molar-refractivity contribution in [2.24, 2.45) is 5.41 Å². The van der Waals surface area contributed by atoms with Crippen molar-refractivity contribution < 1.29 is 27.4 Å². The molecule has 2 atom stereocenters. The van der Waals surface area contributed by atoms with Crippen LogP contribution in [0.3, 0.4) is 0 Å². The summed E-state index contributed by atoms with van der Waals surface area (Å²) in [5.41, 5.74) is -0.769. The number of methoxy groups -OCH3 is 1. The zero-order valence-corrected chi connectivity index (χ0v) is 20.1. The first-order valence-corrected chi connectivity index (χ1v) is 11.3. The SMILES string of the molecule is COCCN(C)C(=O)OC[C@H](CN(C(C)(C)C)S(C)(=O)=O)O[C@@H](C)C(C)(C)C. The van der Waals surface area contributed by atoms with Gasteiger partial charge in [0, 0.05) is 32.8 Å². The van der Waals surface area contributed by atoms with Crippen LogP contribution >= 0.6 is 0 Å². The van der Waals surface area contributed by atoms with Gasteiger partial charge in [0.05, 0.1) is 19.0 Å². The predicted molar refractivity (Wildman–Crippen MR) is 111 cm³/mol. The standard InChI is InChI=1S/C19H40N2O6S/c1-15(18(2,3)4)27-16(13-21(19(5,6)7)28(10,23)24)14-26-17(22)20(8)11-12-25-9/h15-16H,11-14H2,1-10H3/t15-,16-/m0/s1. The van der Waals surface area contributed by atoms with Crippen molar-refractivity contribution in [1.82, 2.24) is 9.21 Å². The van der Waals surface area contributed by atoms with Gasteiger partial charge in [-0.05, 0) is 33.1 Å². The van der Waals surface area contributed by atoms with E-state index in [2.05, 4.69) is 0 Å². The fourth-order valence-corrected chi connectivity index (χ4v) is 3.75. The van der Waals surface area contributed by atoms with Gasteiger partial charge >= 0.3 is 6.09 Å². The smallest absolute Gasteiger partial charge is 0.409 e. The second kappa shape index (κ2) is 10.8. The molecule has 0 aromatic rings. The van der Waals surface area contributed by atoms with E-state index in [4.69, 9.17) is 14.2 Å². The molecule has 0 N–H and O–H groups in total. The van der Waals surface area contributed by atoms with Gasteiger partial charge in [-0.1, -0.05) is 20.8 Å². The molecule has 0 heterocycles. The summed E-state index contributed by atoms with van der Waals surface area (Å²) in [4.78, 5) is 13.6. The average molecular weight is 425 g/mol. The molecule has 168 valence electrons. The fourth-order valence-electron chi connectivity index (χ4n) is 2.31. The molecule has 0 rings (SSSR count). The van der Waals surface area contributed by atoms with E-state index in [1.54, 1.807) is 14.2 Å². The third-order valence-corrected chi connectivity index (χ3v) is 5.97. The lowest BCUT2D eigenvalue weighted by Crippen LogP contribution is -2.51. The van der Waals surface area contributed by atoms with Crippen LogP contribution in [0.1, 0.15) is 48.5 Å². The Kier molecular flexibility index (Phi) is 10.4. The first-order chi connectivity index (χ1) is 12.5. The molecule has 0 fully saturated rings. The third kappa shape index (κ3) is 10.0. The zero-order valence-electron chi connectivity index (χ0n) is 19.2. The Labute approximate surface area is 171 Å². The van der Waals surface area contributed by atoms with Gasteiger partial charge in [-0.15, -0.1) is 0 Å². The van der Waals surface area contributed by atoms with E-state index < -0.39 is 27.8 Å². The van der Waals surface area contributed by atoms with Gasteiger partial charge in [0.25, 0.3) is 0 Å². The molecule has 0 aliphatic heterocycles. The minimum Gasteiger partial charge on any atom is -0.447 e. The molecule has 1 amide bonds. The number of likely N-dealkylation sites (N-methyl/N-ethyl adjacent to an activating group) is 1. The van der Waals surface area contributed by atoms with Crippen LogP contribution in [0.15, 0.2) is 0 Å². The van der Waals surface area contributed by atoms with Crippen molar-refractivity contribution >= 4 is 16.1 Å². The highest BCUT2D eigenvalue weighted by Gasteiger charge is 2.34. The highest BCUT2D eigenvalue weighted by Crippen LogP contribution is 2.25. The first kappa shape index (κ1) is 27.1. The van der Waals surface area contributed by atoms with E-state index in [0.717, 1.165) is 0 Å². The molecule has 0 saturated carbocycles. The van der Waals surface area contributed by atoms with E-state index in [9.17, 15) is 13.2 Å². The molecule has 0 radical (unpaired) electrons. The third-order valence-electron chi connectivity index (χ3n) is 4.47. The molecule has 0 unspecified atom stereocenters. The number of sulfonamides is 1. The molecular formula is C19H40N2O6S. The molecule has 0 aromatic heterocycles. The van der Waals surface area contributed by atoms with Crippen LogP contribution in [0, 0.1) is 5.41 Å². The molecule has 0 aliphatic carbocycles. The van der Waals surface area contributed by atoms with Crippen molar-refractivity contribution in [3.05, 3.63) is 0 Å². The molecule has 0 aliphatic rings. The second-order valence-electron chi connectivity index (χ2n) is 9.22. The molecule has 0 spiro atoms. The monoisotopic (exact) mass is 424 g/mol. The first-order valence-electron chi connectivity index (χ1n) is 9.50. The maximum Gasteiger partial charge on any atom is 0.409 e. The van der Waals surface area contributed by atoms with E-state index in [0.29, 0.717) is 13.2 Å². The zero-order chi connectivity index (χ0) is 22.3. The minimum absolute atomic E-state index is 0.0430. The minimum atomic E-state index is -3.47. The number of rotatable bonds is 10. The summed E-state index contributed by atoms with van der Waals surface area (Å²) in [5.74, 6) is 0. The maximum atomic E-state index is 12.3. The van der Waals surface area contributed by atoms with Crippen molar-refractivity contribution in [3.63, 3.8) is 0 Å². The molecular weight excluding hydrogens is 384 g/mol. The van der Waals surface area contributed by atoms with Gasteiger partial charge in [0.2, 0.25) is 10.0 Å². The topological polar surface area (TPSA) is 85.4 Å². The predicted octanol–water partition coefficient (Wildman–Crippen LogP) is 2.58. The Hall–Kier alpha value is -0.900. The Balaban J connectivity index is 5.33. The van der Waals surface area contributed by atoms with Gasteiger partial charge in [0.1, 0.15) is 12.7 Å². The van der Waals surface area contributed by atoms with Gasteiger partial charge in [-0.25, -0.2) is 13.2 Å². The van der Waals surface area contributed by atoms with Gasteiger partial charge in [-0.3, -0.25) is 0 Å².